The first kappa shape index (κ1) is 8.73. The first-order chi connectivity index (χ1) is 6.18. The summed E-state index contributed by atoms with van der Waals surface area (Å²) in [6.45, 7) is 0. The topological polar surface area (TPSA) is 12.9 Å². The smallest absolute Gasteiger partial charge is 0.150 e. The molecular formula is C9H4Cl2FN. The van der Waals surface area contributed by atoms with Crippen LogP contribution in [0.1, 0.15) is 0 Å². The van der Waals surface area contributed by atoms with E-state index >= 15 is 0 Å². The Morgan fingerprint density at radius 3 is 2.77 bits per heavy atom. The van der Waals surface area contributed by atoms with Crippen LogP contribution in [0.2, 0.25) is 10.0 Å². The van der Waals surface area contributed by atoms with Crippen LogP contribution in [0.4, 0.5) is 4.39 Å². The fourth-order valence-corrected chi connectivity index (χ4v) is 1.55. The highest BCUT2D eigenvalue weighted by atomic mass is 35.5. The van der Waals surface area contributed by atoms with E-state index in [-0.39, 0.29) is 5.52 Å². The van der Waals surface area contributed by atoms with E-state index in [1.165, 1.54) is 12.3 Å². The van der Waals surface area contributed by atoms with Crippen LogP contribution in [0.25, 0.3) is 10.9 Å². The average Bonchev–Trinajstić information content (AvgIpc) is 2.07. The summed E-state index contributed by atoms with van der Waals surface area (Å²) in [5, 5.41) is 1.31. The molecule has 0 atom stereocenters. The van der Waals surface area contributed by atoms with Gasteiger partial charge in [-0.3, -0.25) is 4.98 Å². The van der Waals surface area contributed by atoms with Crippen LogP contribution in [-0.2, 0) is 0 Å². The molecule has 0 saturated heterocycles. The first-order valence-corrected chi connectivity index (χ1v) is 4.33. The van der Waals surface area contributed by atoms with Gasteiger partial charge in [-0.05, 0) is 18.2 Å². The highest BCUT2D eigenvalue weighted by Crippen LogP contribution is 2.26. The number of benzene rings is 1. The van der Waals surface area contributed by atoms with Gasteiger partial charge in [-0.25, -0.2) is 4.39 Å². The Balaban J connectivity index is 2.94. The highest BCUT2D eigenvalue weighted by molar-refractivity contribution is 6.36. The van der Waals surface area contributed by atoms with E-state index in [0.29, 0.717) is 15.4 Å². The summed E-state index contributed by atoms with van der Waals surface area (Å²) in [6.07, 6.45) is 1.46. The van der Waals surface area contributed by atoms with Crippen molar-refractivity contribution < 1.29 is 4.39 Å². The minimum Gasteiger partial charge on any atom is -0.253 e. The van der Waals surface area contributed by atoms with Crippen molar-refractivity contribution in [2.45, 2.75) is 0 Å². The molecule has 0 radical (unpaired) electrons. The van der Waals surface area contributed by atoms with Gasteiger partial charge in [-0.1, -0.05) is 23.2 Å². The largest absolute Gasteiger partial charge is 0.253 e. The summed E-state index contributed by atoms with van der Waals surface area (Å²) in [4.78, 5) is 3.86. The second-order valence-corrected chi connectivity index (χ2v) is 3.42. The molecule has 1 aromatic carbocycles. The van der Waals surface area contributed by atoms with E-state index in [0.717, 1.165) is 0 Å². The Kier molecular flexibility index (Phi) is 2.10. The van der Waals surface area contributed by atoms with Crippen LogP contribution in [0.15, 0.2) is 24.4 Å². The Labute approximate surface area is 84.1 Å². The SMILES string of the molecule is Fc1cc(Cl)cc2c(Cl)ccnc12. The molecule has 4 heteroatoms. The Morgan fingerprint density at radius 2 is 2.00 bits per heavy atom. The van der Waals surface area contributed by atoms with Crippen LogP contribution >= 0.6 is 23.2 Å². The molecule has 2 rings (SSSR count). The second-order valence-electron chi connectivity index (χ2n) is 2.58. The lowest BCUT2D eigenvalue weighted by molar-refractivity contribution is 0.637. The predicted molar refractivity (Wildman–Crippen MR) is 51.7 cm³/mol. The molecule has 13 heavy (non-hydrogen) atoms. The van der Waals surface area contributed by atoms with Gasteiger partial charge in [0.2, 0.25) is 0 Å². The fraction of sp³-hybridized carbons (Fsp3) is 0. The average molecular weight is 216 g/mol. The van der Waals surface area contributed by atoms with Crippen LogP contribution in [0.3, 0.4) is 0 Å². The van der Waals surface area contributed by atoms with Crippen LogP contribution in [-0.4, -0.2) is 4.98 Å². The maximum absolute atomic E-state index is 13.2. The maximum Gasteiger partial charge on any atom is 0.150 e. The minimum atomic E-state index is -0.454. The molecule has 0 amide bonds. The maximum atomic E-state index is 13.2. The Hall–Kier alpha value is -0.860. The minimum absolute atomic E-state index is 0.247. The van der Waals surface area contributed by atoms with Crippen molar-refractivity contribution in [3.05, 3.63) is 40.3 Å². The summed E-state index contributed by atoms with van der Waals surface area (Å²) >= 11 is 11.5. The Morgan fingerprint density at radius 1 is 1.23 bits per heavy atom. The van der Waals surface area contributed by atoms with E-state index in [1.54, 1.807) is 12.1 Å². The van der Waals surface area contributed by atoms with Crippen LogP contribution in [0, 0.1) is 5.82 Å². The van der Waals surface area contributed by atoms with Gasteiger partial charge in [0.05, 0.1) is 5.02 Å². The number of pyridine rings is 1. The molecule has 0 aliphatic carbocycles. The molecule has 0 aliphatic rings. The molecule has 1 nitrogen and oxygen atoms in total. The van der Waals surface area contributed by atoms with Gasteiger partial charge in [0.25, 0.3) is 0 Å². The molecule has 0 fully saturated rings. The van der Waals surface area contributed by atoms with E-state index in [9.17, 15) is 4.39 Å². The summed E-state index contributed by atoms with van der Waals surface area (Å²) in [5.41, 5.74) is 0.247. The molecule has 0 unspecified atom stereocenters. The first-order valence-electron chi connectivity index (χ1n) is 3.58. The summed E-state index contributed by atoms with van der Waals surface area (Å²) in [7, 11) is 0. The number of halogens is 3. The third-order valence-electron chi connectivity index (χ3n) is 1.71. The van der Waals surface area contributed by atoms with Crippen molar-refractivity contribution in [2.24, 2.45) is 0 Å². The van der Waals surface area contributed by atoms with Crippen molar-refractivity contribution in [3.63, 3.8) is 0 Å². The number of hydrogen-bond donors (Lipinski definition) is 0. The molecule has 2 aromatic rings. The Bertz CT molecular complexity index is 470. The zero-order chi connectivity index (χ0) is 9.42. The lowest BCUT2D eigenvalue weighted by atomic mass is 10.2. The number of aromatic nitrogens is 1. The van der Waals surface area contributed by atoms with E-state index in [1.807, 2.05) is 0 Å². The third-order valence-corrected chi connectivity index (χ3v) is 2.26. The number of hydrogen-bond acceptors (Lipinski definition) is 1. The lowest BCUT2D eigenvalue weighted by Crippen LogP contribution is -1.84. The van der Waals surface area contributed by atoms with Crippen molar-refractivity contribution in [2.75, 3.05) is 0 Å². The van der Waals surface area contributed by atoms with Gasteiger partial charge >= 0.3 is 0 Å². The van der Waals surface area contributed by atoms with Crippen molar-refractivity contribution in [3.8, 4) is 0 Å². The van der Waals surface area contributed by atoms with Crippen molar-refractivity contribution in [1.29, 1.82) is 0 Å². The number of rotatable bonds is 0. The fourth-order valence-electron chi connectivity index (χ4n) is 1.15. The molecule has 1 heterocycles. The van der Waals surface area contributed by atoms with Crippen LogP contribution < -0.4 is 0 Å². The van der Waals surface area contributed by atoms with Gasteiger partial charge in [0, 0.05) is 16.6 Å². The normalized spacial score (nSPS) is 10.7. The highest BCUT2D eigenvalue weighted by Gasteiger charge is 2.06. The summed E-state index contributed by atoms with van der Waals surface area (Å²) in [5.74, 6) is -0.454. The summed E-state index contributed by atoms with van der Waals surface area (Å²) < 4.78 is 13.2. The molecular weight excluding hydrogens is 212 g/mol. The van der Waals surface area contributed by atoms with Crippen molar-refractivity contribution >= 4 is 34.1 Å². The molecule has 1 aromatic heterocycles. The summed E-state index contributed by atoms with van der Waals surface area (Å²) in [6, 6.07) is 4.40. The van der Waals surface area contributed by atoms with E-state index < -0.39 is 5.82 Å². The predicted octanol–water partition coefficient (Wildman–Crippen LogP) is 3.68. The number of nitrogens with zero attached hydrogens (tertiary/aromatic N) is 1. The molecule has 0 saturated carbocycles. The van der Waals surface area contributed by atoms with Crippen LogP contribution in [0.5, 0.6) is 0 Å². The quantitative estimate of drug-likeness (QED) is 0.654. The van der Waals surface area contributed by atoms with Gasteiger partial charge in [-0.2, -0.15) is 0 Å². The molecule has 0 N–H and O–H groups in total. The zero-order valence-electron chi connectivity index (χ0n) is 6.39. The lowest BCUT2D eigenvalue weighted by Gasteiger charge is -2.00. The van der Waals surface area contributed by atoms with Gasteiger partial charge < -0.3 is 0 Å². The van der Waals surface area contributed by atoms with Crippen molar-refractivity contribution in [1.82, 2.24) is 4.98 Å². The van der Waals surface area contributed by atoms with E-state index in [4.69, 9.17) is 23.2 Å². The van der Waals surface area contributed by atoms with Gasteiger partial charge in [0.1, 0.15) is 5.52 Å². The number of fused-ring (bicyclic) bond motifs is 1. The van der Waals surface area contributed by atoms with Gasteiger partial charge in [0.15, 0.2) is 5.82 Å². The van der Waals surface area contributed by atoms with Gasteiger partial charge in [-0.15, -0.1) is 0 Å². The zero-order valence-corrected chi connectivity index (χ0v) is 7.90. The van der Waals surface area contributed by atoms with E-state index in [2.05, 4.69) is 4.98 Å². The molecule has 0 aliphatic heterocycles. The second kappa shape index (κ2) is 3.13. The molecule has 0 bridgehead atoms. The monoisotopic (exact) mass is 215 g/mol. The molecule has 0 spiro atoms. The molecule has 66 valence electrons. The third kappa shape index (κ3) is 1.47. The standard InChI is InChI=1S/C9H4Cl2FN/c10-5-3-6-7(11)1-2-13-9(6)8(12)4-5/h1-4H.